The van der Waals surface area contributed by atoms with Crippen LogP contribution in [-0.2, 0) is 9.53 Å². The molecule has 1 atom stereocenters. The summed E-state index contributed by atoms with van der Waals surface area (Å²) in [5.74, 6) is -2.65. The number of esters is 1. The van der Waals surface area contributed by atoms with E-state index in [0.29, 0.717) is 11.4 Å². The Morgan fingerprint density at radius 3 is 2.38 bits per heavy atom. The van der Waals surface area contributed by atoms with Crippen molar-refractivity contribution in [2.75, 3.05) is 0 Å². The first-order valence-corrected chi connectivity index (χ1v) is 8.46. The highest BCUT2D eigenvalue weighted by Gasteiger charge is 2.43. The predicted octanol–water partition coefficient (Wildman–Crippen LogP) is 3.88. The van der Waals surface area contributed by atoms with Crippen molar-refractivity contribution in [3.63, 3.8) is 0 Å². The van der Waals surface area contributed by atoms with Gasteiger partial charge in [0.05, 0.1) is 22.3 Å². The van der Waals surface area contributed by atoms with E-state index < -0.39 is 28.7 Å². The third-order valence-corrected chi connectivity index (χ3v) is 4.12. The first kappa shape index (κ1) is 19.6. The van der Waals surface area contributed by atoms with E-state index in [2.05, 4.69) is 5.32 Å². The number of hydrogen-bond donors (Lipinski definition) is 1. The van der Waals surface area contributed by atoms with Gasteiger partial charge in [0.1, 0.15) is 11.7 Å². The van der Waals surface area contributed by atoms with Crippen LogP contribution in [0.5, 0.6) is 0 Å². The smallest absolute Gasteiger partial charge is 0.337 e. The van der Waals surface area contributed by atoms with Gasteiger partial charge in [-0.2, -0.15) is 0 Å². The van der Waals surface area contributed by atoms with Crippen LogP contribution in [0.2, 0.25) is 0 Å². The maximum Gasteiger partial charge on any atom is 0.337 e. The molecule has 0 unspecified atom stereocenters. The van der Waals surface area contributed by atoms with Crippen LogP contribution in [-0.4, -0.2) is 17.0 Å². The Morgan fingerprint density at radius 1 is 1.27 bits per heavy atom. The molecule has 2 rings (SSSR count). The molecule has 0 spiro atoms. The molecule has 0 saturated carbocycles. The minimum absolute atomic E-state index is 0.0555. The van der Waals surface area contributed by atoms with Crippen molar-refractivity contribution < 1.29 is 18.8 Å². The molecule has 1 aliphatic rings. The number of nitrogens with one attached hydrogen (secondary N) is 1. The molecule has 1 N–H and O–H groups in total. The average molecular weight is 362 g/mol. The van der Waals surface area contributed by atoms with Crippen LogP contribution in [0.15, 0.2) is 46.9 Å². The van der Waals surface area contributed by atoms with Gasteiger partial charge in [0.25, 0.3) is 5.70 Å². The monoisotopic (exact) mass is 362 g/mol. The molecule has 1 aliphatic heterocycles. The number of carbonyl (C=O) groups excluding carboxylic acids is 1. The number of allylic oxidation sites excluding steroid dienone is 3. The Hall–Kier alpha value is -2.70. The lowest BCUT2D eigenvalue weighted by atomic mass is 9.82. The molecule has 6 nitrogen and oxygen atoms in total. The van der Waals surface area contributed by atoms with Gasteiger partial charge in [0, 0.05) is 11.3 Å². The molecule has 1 aromatic carbocycles. The minimum Gasteiger partial charge on any atom is -0.460 e. The van der Waals surface area contributed by atoms with Gasteiger partial charge in [-0.3, -0.25) is 10.1 Å². The summed E-state index contributed by atoms with van der Waals surface area (Å²) in [5, 5.41) is 14.8. The highest BCUT2D eigenvalue weighted by molar-refractivity contribution is 5.92. The predicted molar refractivity (Wildman–Crippen MR) is 95.1 cm³/mol. The summed E-state index contributed by atoms with van der Waals surface area (Å²) in [6, 6.07) is 5.78. The van der Waals surface area contributed by atoms with Gasteiger partial charge in [-0.25, -0.2) is 9.18 Å². The molecule has 0 amide bonds. The Balaban J connectivity index is 2.75. The SMILES string of the molecule is CC1=C(C(=O)OC(C)C)[C@H](c2ccccc2F)C([N+](=O)[O-])=C(C(C)C)N1. The third-order valence-electron chi connectivity index (χ3n) is 4.12. The number of nitro groups is 1. The van der Waals surface area contributed by atoms with E-state index in [1.54, 1.807) is 40.7 Å². The van der Waals surface area contributed by atoms with Gasteiger partial charge in [-0.15, -0.1) is 0 Å². The molecule has 0 bridgehead atoms. The summed E-state index contributed by atoms with van der Waals surface area (Å²) in [6.07, 6.45) is -0.404. The summed E-state index contributed by atoms with van der Waals surface area (Å²) in [7, 11) is 0. The summed E-state index contributed by atoms with van der Waals surface area (Å²) in [6.45, 7) is 8.62. The van der Waals surface area contributed by atoms with Gasteiger partial charge >= 0.3 is 5.97 Å². The first-order valence-electron chi connectivity index (χ1n) is 8.46. The summed E-state index contributed by atoms with van der Waals surface area (Å²) < 4.78 is 19.8. The molecule has 0 radical (unpaired) electrons. The maximum atomic E-state index is 14.5. The second-order valence-electron chi connectivity index (χ2n) is 6.78. The zero-order valence-corrected chi connectivity index (χ0v) is 15.5. The number of halogens is 1. The van der Waals surface area contributed by atoms with Crippen LogP contribution >= 0.6 is 0 Å². The number of carbonyl (C=O) groups is 1. The highest BCUT2D eigenvalue weighted by Crippen LogP contribution is 2.41. The number of benzene rings is 1. The number of nitrogens with zero attached hydrogens (tertiary/aromatic N) is 1. The van der Waals surface area contributed by atoms with Crippen LogP contribution in [0, 0.1) is 21.8 Å². The zero-order chi connectivity index (χ0) is 19.6. The van der Waals surface area contributed by atoms with Gasteiger partial charge < -0.3 is 10.1 Å². The molecule has 0 aliphatic carbocycles. The van der Waals surface area contributed by atoms with Crippen LogP contribution in [0.4, 0.5) is 4.39 Å². The fraction of sp³-hybridized carbons (Fsp3) is 0.421. The Kier molecular flexibility index (Phi) is 5.79. The largest absolute Gasteiger partial charge is 0.460 e. The van der Waals surface area contributed by atoms with Crippen LogP contribution in [0.25, 0.3) is 0 Å². The molecule has 140 valence electrons. The lowest BCUT2D eigenvalue weighted by Crippen LogP contribution is -2.35. The van der Waals surface area contributed by atoms with Crippen molar-refractivity contribution in [2.24, 2.45) is 5.92 Å². The van der Waals surface area contributed by atoms with Gasteiger partial charge in [-0.05, 0) is 32.8 Å². The van der Waals surface area contributed by atoms with Crippen LogP contribution < -0.4 is 5.32 Å². The second kappa shape index (κ2) is 7.68. The molecular formula is C19H23FN2O4. The molecule has 0 fully saturated rings. The number of dihydropyridines is 1. The van der Waals surface area contributed by atoms with Crippen molar-refractivity contribution in [3.8, 4) is 0 Å². The minimum atomic E-state index is -1.14. The van der Waals surface area contributed by atoms with Crippen molar-refractivity contribution in [1.29, 1.82) is 0 Å². The van der Waals surface area contributed by atoms with E-state index in [0.717, 1.165) is 0 Å². The van der Waals surface area contributed by atoms with Crippen molar-refractivity contribution in [1.82, 2.24) is 5.32 Å². The van der Waals surface area contributed by atoms with Crippen molar-refractivity contribution in [3.05, 3.63) is 68.4 Å². The van der Waals surface area contributed by atoms with Crippen molar-refractivity contribution >= 4 is 5.97 Å². The quantitative estimate of drug-likeness (QED) is 0.488. The standard InChI is InChI=1S/C19H23FN2O4/c1-10(2)17-18(22(24)25)16(13-8-6-7-9-14(13)20)15(12(5)21-17)19(23)26-11(3)4/h6-11,16,21H,1-5H3/t16-/m0/s1. The normalized spacial score (nSPS) is 17.6. The third kappa shape index (κ3) is 3.76. The topological polar surface area (TPSA) is 81.5 Å². The van der Waals surface area contributed by atoms with E-state index in [9.17, 15) is 19.3 Å². The van der Waals surface area contributed by atoms with Gasteiger partial charge in [0.15, 0.2) is 0 Å². The number of hydrogen-bond acceptors (Lipinski definition) is 5. The van der Waals surface area contributed by atoms with Crippen LogP contribution in [0.3, 0.4) is 0 Å². The van der Waals surface area contributed by atoms with E-state index in [4.69, 9.17) is 4.74 Å². The lowest BCUT2D eigenvalue weighted by Gasteiger charge is -2.29. The molecule has 26 heavy (non-hydrogen) atoms. The second-order valence-corrected chi connectivity index (χ2v) is 6.78. The fourth-order valence-corrected chi connectivity index (χ4v) is 3.05. The summed E-state index contributed by atoms with van der Waals surface area (Å²) in [4.78, 5) is 24.0. The molecular weight excluding hydrogens is 339 g/mol. The Morgan fingerprint density at radius 2 is 1.88 bits per heavy atom. The molecule has 7 heteroatoms. The van der Waals surface area contributed by atoms with Crippen molar-refractivity contribution in [2.45, 2.75) is 46.6 Å². The average Bonchev–Trinajstić information content (AvgIpc) is 2.53. The van der Waals surface area contributed by atoms with E-state index in [1.165, 1.54) is 18.2 Å². The summed E-state index contributed by atoms with van der Waals surface area (Å²) >= 11 is 0. The Bertz CT molecular complexity index is 796. The number of rotatable bonds is 5. The molecule has 0 saturated heterocycles. The first-order chi connectivity index (χ1) is 12.1. The van der Waals surface area contributed by atoms with Crippen LogP contribution in [0.1, 0.15) is 46.1 Å². The highest BCUT2D eigenvalue weighted by atomic mass is 19.1. The fourth-order valence-electron chi connectivity index (χ4n) is 3.05. The molecule has 0 aromatic heterocycles. The van der Waals surface area contributed by atoms with Gasteiger partial charge in [0.2, 0.25) is 0 Å². The maximum absolute atomic E-state index is 14.5. The van der Waals surface area contributed by atoms with Gasteiger partial charge in [-0.1, -0.05) is 32.0 Å². The van der Waals surface area contributed by atoms with E-state index in [1.807, 2.05) is 0 Å². The van der Waals surface area contributed by atoms with E-state index >= 15 is 0 Å². The summed E-state index contributed by atoms with van der Waals surface area (Å²) in [5.41, 5.74) is 0.695. The number of ether oxygens (including phenoxy) is 1. The molecule has 1 heterocycles. The zero-order valence-electron chi connectivity index (χ0n) is 15.5. The van der Waals surface area contributed by atoms with E-state index in [-0.39, 0.29) is 22.8 Å². The molecule has 1 aromatic rings. The lowest BCUT2D eigenvalue weighted by molar-refractivity contribution is -0.431. The Labute approximate surface area is 151 Å².